The average molecular weight is 351 g/mol. The van der Waals surface area contributed by atoms with E-state index in [0.29, 0.717) is 27.0 Å². The lowest BCUT2D eigenvalue weighted by Crippen LogP contribution is -2.23. The number of hydrogen-bond donors (Lipinski definition) is 0. The minimum absolute atomic E-state index is 0.141. The molecule has 6 nitrogen and oxygen atoms in total. The van der Waals surface area contributed by atoms with Gasteiger partial charge in [-0.1, -0.05) is 41.4 Å². The smallest absolute Gasteiger partial charge is 0.368 e. The Morgan fingerprint density at radius 3 is 2.48 bits per heavy atom. The SMILES string of the molecule is Cn1nnn(-c2cccc(Cl)c2COc2ccccc2Cl)c1=O. The summed E-state index contributed by atoms with van der Waals surface area (Å²) in [6, 6.07) is 12.3. The van der Waals surface area contributed by atoms with E-state index in [9.17, 15) is 4.79 Å². The van der Waals surface area contributed by atoms with E-state index in [4.69, 9.17) is 27.9 Å². The first-order chi connectivity index (χ1) is 11.1. The lowest BCUT2D eigenvalue weighted by molar-refractivity contribution is 0.306. The summed E-state index contributed by atoms with van der Waals surface area (Å²) in [5.74, 6) is 0.534. The maximum absolute atomic E-state index is 12.1. The molecule has 0 aliphatic heterocycles. The van der Waals surface area contributed by atoms with Crippen LogP contribution in [-0.4, -0.2) is 19.8 Å². The number of ether oxygens (including phenoxy) is 1. The summed E-state index contributed by atoms with van der Waals surface area (Å²) in [4.78, 5) is 12.1. The first-order valence-corrected chi connectivity index (χ1v) is 7.47. The van der Waals surface area contributed by atoms with Crippen LogP contribution in [0.3, 0.4) is 0 Å². The molecule has 0 saturated carbocycles. The Hall–Kier alpha value is -2.31. The fourth-order valence-corrected chi connectivity index (χ4v) is 2.48. The zero-order chi connectivity index (χ0) is 16.4. The number of halogens is 2. The van der Waals surface area contributed by atoms with Crippen molar-refractivity contribution in [3.05, 3.63) is 68.6 Å². The van der Waals surface area contributed by atoms with Crippen LogP contribution < -0.4 is 10.4 Å². The molecular formula is C15H12Cl2N4O2. The molecular weight excluding hydrogens is 339 g/mol. The van der Waals surface area contributed by atoms with Gasteiger partial charge in [0.15, 0.2) is 0 Å². The molecule has 0 saturated heterocycles. The number of nitrogens with zero attached hydrogens (tertiary/aromatic N) is 4. The van der Waals surface area contributed by atoms with Crippen LogP contribution in [0.5, 0.6) is 5.75 Å². The first-order valence-electron chi connectivity index (χ1n) is 6.72. The molecule has 0 atom stereocenters. The minimum Gasteiger partial charge on any atom is -0.487 e. The Bertz CT molecular complexity index is 904. The normalized spacial score (nSPS) is 10.7. The summed E-state index contributed by atoms with van der Waals surface area (Å²) < 4.78 is 8.04. The quantitative estimate of drug-likeness (QED) is 0.725. The van der Waals surface area contributed by atoms with Crippen LogP contribution in [0, 0.1) is 0 Å². The Balaban J connectivity index is 1.98. The lowest BCUT2D eigenvalue weighted by atomic mass is 10.2. The monoisotopic (exact) mass is 350 g/mol. The summed E-state index contributed by atoms with van der Waals surface area (Å²) in [6.07, 6.45) is 0. The highest BCUT2D eigenvalue weighted by molar-refractivity contribution is 6.32. The van der Waals surface area contributed by atoms with Crippen molar-refractivity contribution in [2.45, 2.75) is 6.61 Å². The van der Waals surface area contributed by atoms with Crippen molar-refractivity contribution >= 4 is 23.2 Å². The molecule has 3 aromatic rings. The molecule has 1 aromatic heterocycles. The molecule has 0 N–H and O–H groups in total. The van der Waals surface area contributed by atoms with Crippen LogP contribution in [0.15, 0.2) is 47.3 Å². The van der Waals surface area contributed by atoms with Crippen molar-refractivity contribution in [1.82, 2.24) is 19.8 Å². The van der Waals surface area contributed by atoms with Crippen molar-refractivity contribution in [3.63, 3.8) is 0 Å². The molecule has 0 aliphatic rings. The third-order valence-electron chi connectivity index (χ3n) is 3.25. The van der Waals surface area contributed by atoms with Gasteiger partial charge in [0.2, 0.25) is 0 Å². The van der Waals surface area contributed by atoms with Gasteiger partial charge >= 0.3 is 5.69 Å². The van der Waals surface area contributed by atoms with E-state index in [-0.39, 0.29) is 12.3 Å². The van der Waals surface area contributed by atoms with Crippen LogP contribution in [0.1, 0.15) is 5.56 Å². The predicted octanol–water partition coefficient (Wildman–Crippen LogP) is 2.85. The zero-order valence-electron chi connectivity index (χ0n) is 12.1. The van der Waals surface area contributed by atoms with E-state index in [1.807, 2.05) is 12.1 Å². The molecule has 1 heterocycles. The second-order valence-electron chi connectivity index (χ2n) is 4.75. The zero-order valence-corrected chi connectivity index (χ0v) is 13.6. The molecule has 0 fully saturated rings. The van der Waals surface area contributed by atoms with Gasteiger partial charge in [-0.25, -0.2) is 4.79 Å². The summed E-state index contributed by atoms with van der Waals surface area (Å²) in [5, 5.41) is 8.51. The van der Waals surface area contributed by atoms with Crippen molar-refractivity contribution in [2.24, 2.45) is 7.05 Å². The molecule has 118 valence electrons. The molecule has 23 heavy (non-hydrogen) atoms. The third kappa shape index (κ3) is 3.09. The third-order valence-corrected chi connectivity index (χ3v) is 3.92. The Morgan fingerprint density at radius 2 is 1.78 bits per heavy atom. The number of benzene rings is 2. The van der Waals surface area contributed by atoms with Gasteiger partial charge < -0.3 is 4.74 Å². The molecule has 0 radical (unpaired) electrons. The highest BCUT2D eigenvalue weighted by Gasteiger charge is 2.14. The molecule has 2 aromatic carbocycles. The molecule has 8 heteroatoms. The number of aryl methyl sites for hydroxylation is 1. The Labute approximate surface area is 141 Å². The van der Waals surface area contributed by atoms with Gasteiger partial charge in [-0.3, -0.25) is 0 Å². The highest BCUT2D eigenvalue weighted by atomic mass is 35.5. The van der Waals surface area contributed by atoms with Gasteiger partial charge in [0.1, 0.15) is 12.4 Å². The van der Waals surface area contributed by atoms with E-state index in [0.717, 1.165) is 4.68 Å². The second-order valence-corrected chi connectivity index (χ2v) is 5.57. The number of hydrogen-bond acceptors (Lipinski definition) is 4. The summed E-state index contributed by atoms with van der Waals surface area (Å²) >= 11 is 12.3. The average Bonchev–Trinajstić information content (AvgIpc) is 2.87. The van der Waals surface area contributed by atoms with E-state index >= 15 is 0 Å². The van der Waals surface area contributed by atoms with Gasteiger partial charge in [0.25, 0.3) is 0 Å². The Morgan fingerprint density at radius 1 is 1.04 bits per heavy atom. The topological polar surface area (TPSA) is 61.9 Å². The van der Waals surface area contributed by atoms with Gasteiger partial charge in [-0.15, -0.1) is 0 Å². The van der Waals surface area contributed by atoms with E-state index < -0.39 is 0 Å². The molecule has 0 amide bonds. The largest absolute Gasteiger partial charge is 0.487 e. The maximum Gasteiger partial charge on any atom is 0.368 e. The van der Waals surface area contributed by atoms with Gasteiger partial charge in [-0.05, 0) is 34.7 Å². The van der Waals surface area contributed by atoms with Gasteiger partial charge in [-0.2, -0.15) is 9.36 Å². The van der Waals surface area contributed by atoms with Gasteiger partial charge in [0, 0.05) is 17.6 Å². The van der Waals surface area contributed by atoms with Crippen LogP contribution in [0.2, 0.25) is 10.0 Å². The lowest BCUT2D eigenvalue weighted by Gasteiger charge is -2.12. The van der Waals surface area contributed by atoms with Crippen molar-refractivity contribution in [1.29, 1.82) is 0 Å². The number of rotatable bonds is 4. The number of para-hydroxylation sites is 1. The van der Waals surface area contributed by atoms with Crippen molar-refractivity contribution in [2.75, 3.05) is 0 Å². The molecule has 0 unspecified atom stereocenters. The second kappa shape index (κ2) is 6.44. The van der Waals surface area contributed by atoms with E-state index in [1.165, 1.54) is 11.7 Å². The van der Waals surface area contributed by atoms with Crippen LogP contribution in [0.4, 0.5) is 0 Å². The molecule has 3 rings (SSSR count). The number of aromatic nitrogens is 4. The highest BCUT2D eigenvalue weighted by Crippen LogP contribution is 2.27. The molecule has 0 aliphatic carbocycles. The summed E-state index contributed by atoms with van der Waals surface area (Å²) in [5.41, 5.74) is 0.769. The van der Waals surface area contributed by atoms with Crippen LogP contribution in [0.25, 0.3) is 5.69 Å². The number of tetrazole rings is 1. The summed E-state index contributed by atoms with van der Waals surface area (Å²) in [6.45, 7) is 0.141. The molecule has 0 bridgehead atoms. The fourth-order valence-electron chi connectivity index (χ4n) is 2.07. The van der Waals surface area contributed by atoms with Crippen LogP contribution in [-0.2, 0) is 13.7 Å². The predicted molar refractivity (Wildman–Crippen MR) is 87.4 cm³/mol. The summed E-state index contributed by atoms with van der Waals surface area (Å²) in [7, 11) is 1.52. The fraction of sp³-hybridized carbons (Fsp3) is 0.133. The maximum atomic E-state index is 12.1. The van der Waals surface area contributed by atoms with Gasteiger partial charge in [0.05, 0.1) is 10.7 Å². The van der Waals surface area contributed by atoms with E-state index in [1.54, 1.807) is 30.3 Å². The van der Waals surface area contributed by atoms with E-state index in [2.05, 4.69) is 10.4 Å². The first kappa shape index (κ1) is 15.6. The Kier molecular flexibility index (Phi) is 4.36. The molecule has 0 spiro atoms. The van der Waals surface area contributed by atoms with Crippen LogP contribution >= 0.6 is 23.2 Å². The van der Waals surface area contributed by atoms with Crippen molar-refractivity contribution in [3.8, 4) is 11.4 Å². The van der Waals surface area contributed by atoms with Crippen molar-refractivity contribution < 1.29 is 4.74 Å². The minimum atomic E-state index is -0.369. The standard InChI is InChI=1S/C15H12Cl2N4O2/c1-20-15(22)21(19-18-20)13-7-4-6-11(16)10(13)9-23-14-8-3-2-5-12(14)17/h2-8H,9H2,1H3.